The van der Waals surface area contributed by atoms with E-state index in [0.29, 0.717) is 5.69 Å². The van der Waals surface area contributed by atoms with Crippen LogP contribution in [0.5, 0.6) is 0 Å². The number of hydrogen-bond donors (Lipinski definition) is 2. The molecule has 2 heterocycles. The molecule has 5 nitrogen and oxygen atoms in total. The molecule has 8 heteroatoms. The van der Waals surface area contributed by atoms with Gasteiger partial charge < -0.3 is 10.4 Å². The lowest BCUT2D eigenvalue weighted by Gasteiger charge is -2.31. The molecule has 1 aromatic rings. The number of fused-ring (bicyclic) bond motifs is 1. The third-order valence-electron chi connectivity index (χ3n) is 2.86. The van der Waals surface area contributed by atoms with Gasteiger partial charge in [0.25, 0.3) is 0 Å². The van der Waals surface area contributed by atoms with E-state index in [2.05, 4.69) is 10.4 Å². The highest BCUT2D eigenvalue weighted by atomic mass is 19.4. The fraction of sp³-hybridized carbons (Fsp3) is 0.556. The molecule has 94 valence electrons. The first kappa shape index (κ1) is 11.7. The molecule has 1 aromatic heterocycles. The third-order valence-corrected chi connectivity index (χ3v) is 2.86. The number of aryl methyl sites for hydroxylation is 1. The molecule has 0 bridgehead atoms. The van der Waals surface area contributed by atoms with Crippen LogP contribution in [0.25, 0.3) is 0 Å². The van der Waals surface area contributed by atoms with Gasteiger partial charge in [-0.3, -0.25) is 9.48 Å². The molecule has 0 fully saturated rings. The monoisotopic (exact) mass is 249 g/mol. The number of aliphatic carboxylic acids is 1. The number of carboxylic acids is 1. The number of carboxylic acid groups (broad SMARTS) is 1. The van der Waals surface area contributed by atoms with E-state index in [0.717, 1.165) is 0 Å². The second kappa shape index (κ2) is 3.64. The summed E-state index contributed by atoms with van der Waals surface area (Å²) >= 11 is 0. The lowest BCUT2D eigenvalue weighted by molar-refractivity contribution is -0.169. The highest BCUT2D eigenvalue weighted by Crippen LogP contribution is 2.36. The average molecular weight is 249 g/mol. The van der Waals surface area contributed by atoms with E-state index in [1.807, 2.05) is 0 Å². The molecule has 0 aliphatic carbocycles. The molecule has 0 radical (unpaired) electrons. The molecular weight excluding hydrogens is 239 g/mol. The molecule has 0 saturated heterocycles. The fourth-order valence-corrected chi connectivity index (χ4v) is 1.96. The zero-order valence-corrected chi connectivity index (χ0v) is 8.82. The Morgan fingerprint density at radius 3 is 2.82 bits per heavy atom. The minimum atomic E-state index is -4.60. The number of nitrogens with zero attached hydrogens (tertiary/aromatic N) is 2. The average Bonchev–Trinajstić information content (AvgIpc) is 2.57. The van der Waals surface area contributed by atoms with E-state index in [1.165, 1.54) is 10.9 Å². The summed E-state index contributed by atoms with van der Waals surface area (Å²) in [5, 5.41) is 14.9. The summed E-state index contributed by atoms with van der Waals surface area (Å²) in [5.41, 5.74) is 0.713. The molecule has 0 aromatic carbocycles. The largest absolute Gasteiger partial charge is 0.481 e. The fourth-order valence-electron chi connectivity index (χ4n) is 1.96. The van der Waals surface area contributed by atoms with Crippen molar-refractivity contribution in [3.63, 3.8) is 0 Å². The minimum absolute atomic E-state index is 0.182. The summed E-state index contributed by atoms with van der Waals surface area (Å²) in [4.78, 5) is 10.9. The predicted octanol–water partition coefficient (Wildman–Crippen LogP) is 1.02. The van der Waals surface area contributed by atoms with Gasteiger partial charge in [0.15, 0.2) is 0 Å². The van der Waals surface area contributed by atoms with Crippen LogP contribution in [0.3, 0.4) is 0 Å². The molecule has 0 saturated carbocycles. The maximum absolute atomic E-state index is 12.7. The number of hydrogen-bond acceptors (Lipinski definition) is 3. The van der Waals surface area contributed by atoms with Gasteiger partial charge in [0.05, 0.1) is 23.5 Å². The molecular formula is C9H10F3N3O2. The van der Waals surface area contributed by atoms with Crippen LogP contribution in [0.1, 0.15) is 5.69 Å². The second-order valence-corrected chi connectivity index (χ2v) is 3.94. The van der Waals surface area contributed by atoms with Gasteiger partial charge in [0.2, 0.25) is 0 Å². The van der Waals surface area contributed by atoms with E-state index in [9.17, 15) is 18.0 Å². The Balaban J connectivity index is 2.39. The molecule has 0 spiro atoms. The lowest BCUT2D eigenvalue weighted by Crippen LogP contribution is -2.49. The topological polar surface area (TPSA) is 67.2 Å². The van der Waals surface area contributed by atoms with E-state index in [-0.39, 0.29) is 12.1 Å². The summed E-state index contributed by atoms with van der Waals surface area (Å²) in [6.07, 6.45) is -3.51. The number of carbonyl (C=O) groups is 1. The first-order valence-electron chi connectivity index (χ1n) is 4.87. The molecule has 2 rings (SSSR count). The molecule has 2 atom stereocenters. The van der Waals surface area contributed by atoms with Gasteiger partial charge in [-0.1, -0.05) is 0 Å². The zero-order valence-electron chi connectivity index (χ0n) is 8.82. The van der Waals surface area contributed by atoms with Crippen molar-refractivity contribution in [1.82, 2.24) is 9.78 Å². The normalized spacial score (nSPS) is 24.0. The van der Waals surface area contributed by atoms with Gasteiger partial charge in [-0.2, -0.15) is 18.3 Å². The van der Waals surface area contributed by atoms with Crippen LogP contribution in [0.2, 0.25) is 0 Å². The van der Waals surface area contributed by atoms with Gasteiger partial charge in [-0.05, 0) is 0 Å². The van der Waals surface area contributed by atoms with Crippen LogP contribution >= 0.6 is 0 Å². The number of alkyl halides is 3. The van der Waals surface area contributed by atoms with Crippen molar-refractivity contribution in [2.24, 2.45) is 13.0 Å². The van der Waals surface area contributed by atoms with Crippen LogP contribution in [0.15, 0.2) is 6.20 Å². The van der Waals surface area contributed by atoms with E-state index >= 15 is 0 Å². The molecule has 0 unspecified atom stereocenters. The van der Waals surface area contributed by atoms with Gasteiger partial charge in [-0.25, -0.2) is 0 Å². The van der Waals surface area contributed by atoms with Crippen molar-refractivity contribution < 1.29 is 23.1 Å². The minimum Gasteiger partial charge on any atom is -0.481 e. The zero-order chi connectivity index (χ0) is 12.8. The highest BCUT2D eigenvalue weighted by Gasteiger charge is 2.50. The number of rotatable bonds is 1. The maximum Gasteiger partial charge on any atom is 0.409 e. The van der Waals surface area contributed by atoms with E-state index < -0.39 is 24.1 Å². The SMILES string of the molecule is Cn1ncc2c1C[C@H](C(=O)O)[C@@H](C(F)(F)F)N2. The van der Waals surface area contributed by atoms with Crippen molar-refractivity contribution >= 4 is 11.7 Å². The van der Waals surface area contributed by atoms with E-state index in [4.69, 9.17) is 5.11 Å². The Kier molecular flexibility index (Phi) is 2.52. The molecule has 0 amide bonds. The van der Waals surface area contributed by atoms with Crippen molar-refractivity contribution in [2.45, 2.75) is 18.6 Å². The Morgan fingerprint density at radius 2 is 2.29 bits per heavy atom. The summed E-state index contributed by atoms with van der Waals surface area (Å²) < 4.78 is 39.5. The first-order chi connectivity index (χ1) is 7.80. The Labute approximate surface area is 94.2 Å². The van der Waals surface area contributed by atoms with Crippen molar-refractivity contribution in [3.8, 4) is 0 Å². The molecule has 1 aliphatic heterocycles. The van der Waals surface area contributed by atoms with Gasteiger partial charge >= 0.3 is 12.1 Å². The smallest absolute Gasteiger partial charge is 0.409 e. The number of aromatic nitrogens is 2. The summed E-state index contributed by atoms with van der Waals surface area (Å²) in [5.74, 6) is -3.00. The third kappa shape index (κ3) is 1.94. The van der Waals surface area contributed by atoms with Crippen LogP contribution < -0.4 is 5.32 Å². The number of anilines is 1. The Morgan fingerprint density at radius 1 is 1.65 bits per heavy atom. The van der Waals surface area contributed by atoms with E-state index in [1.54, 1.807) is 7.05 Å². The van der Waals surface area contributed by atoms with Crippen LogP contribution in [0, 0.1) is 5.92 Å². The standard InChI is InChI=1S/C9H10F3N3O2/c1-15-6-2-4(8(16)17)7(9(10,11)12)14-5(6)3-13-15/h3-4,7,14H,2H2,1H3,(H,16,17)/t4-,7-/m0/s1. The Hall–Kier alpha value is -1.73. The first-order valence-corrected chi connectivity index (χ1v) is 4.87. The van der Waals surface area contributed by atoms with Crippen LogP contribution in [-0.2, 0) is 18.3 Å². The van der Waals surface area contributed by atoms with Crippen molar-refractivity contribution in [3.05, 3.63) is 11.9 Å². The molecule has 1 aliphatic rings. The summed E-state index contributed by atoms with van der Waals surface area (Å²) in [6.45, 7) is 0. The van der Waals surface area contributed by atoms with Crippen LogP contribution in [0.4, 0.5) is 18.9 Å². The van der Waals surface area contributed by atoms with Crippen molar-refractivity contribution in [2.75, 3.05) is 5.32 Å². The lowest BCUT2D eigenvalue weighted by atomic mass is 9.90. The Bertz CT molecular complexity index is 455. The van der Waals surface area contributed by atoms with Gasteiger partial charge in [0.1, 0.15) is 6.04 Å². The quantitative estimate of drug-likeness (QED) is 0.779. The summed E-state index contributed by atoms with van der Waals surface area (Å²) in [7, 11) is 1.56. The molecule has 2 N–H and O–H groups in total. The summed E-state index contributed by atoms with van der Waals surface area (Å²) in [6, 6.07) is -2.07. The van der Waals surface area contributed by atoms with Crippen molar-refractivity contribution in [1.29, 1.82) is 0 Å². The van der Waals surface area contributed by atoms with Gasteiger partial charge in [0, 0.05) is 13.5 Å². The number of halogens is 3. The maximum atomic E-state index is 12.7. The number of nitrogens with one attached hydrogen (secondary N) is 1. The predicted molar refractivity (Wildman–Crippen MR) is 51.5 cm³/mol. The van der Waals surface area contributed by atoms with Gasteiger partial charge in [-0.15, -0.1) is 0 Å². The molecule has 17 heavy (non-hydrogen) atoms. The van der Waals surface area contributed by atoms with Crippen LogP contribution in [-0.4, -0.2) is 33.1 Å². The second-order valence-electron chi connectivity index (χ2n) is 3.94. The highest BCUT2D eigenvalue weighted by molar-refractivity contribution is 5.74.